The van der Waals surface area contributed by atoms with Crippen LogP contribution in [0.2, 0.25) is 0 Å². The van der Waals surface area contributed by atoms with E-state index in [0.717, 1.165) is 0 Å². The predicted octanol–water partition coefficient (Wildman–Crippen LogP) is 1.94. The Morgan fingerprint density at radius 3 is 1.88 bits per heavy atom. The van der Waals surface area contributed by atoms with Crippen molar-refractivity contribution in [1.29, 1.82) is 0 Å². The Bertz CT molecular complexity index is 502. The van der Waals surface area contributed by atoms with Crippen molar-refractivity contribution in [2.75, 3.05) is 0 Å². The van der Waals surface area contributed by atoms with Gasteiger partial charge in [-0.05, 0) is 24.3 Å². The molecule has 0 bridgehead atoms. The quantitative estimate of drug-likeness (QED) is 0.769. The third kappa shape index (κ3) is 4.18. The van der Waals surface area contributed by atoms with Gasteiger partial charge in [0, 0.05) is 5.30 Å². The van der Waals surface area contributed by atoms with Gasteiger partial charge in [0.2, 0.25) is 7.60 Å². The molecule has 0 saturated heterocycles. The van der Waals surface area contributed by atoms with Gasteiger partial charge in [0.05, 0.1) is 0 Å². The summed E-state index contributed by atoms with van der Waals surface area (Å²) in [5, 5.41) is 0.179. The van der Waals surface area contributed by atoms with Crippen LogP contribution in [0.15, 0.2) is 60.7 Å². The first-order valence-electron chi connectivity index (χ1n) is 4.80. The molecule has 0 aliphatic rings. The Hall–Kier alpha value is -0.219. The molecule has 0 saturated carbocycles. The summed E-state index contributed by atoms with van der Waals surface area (Å²) in [4.78, 5) is 11.8. The van der Waals surface area contributed by atoms with E-state index in [2.05, 4.69) is 0 Å². The van der Waals surface area contributed by atoms with Gasteiger partial charge in [0.1, 0.15) is 5.75 Å². The molecular formula is C12H10NdO3P+2. The van der Waals surface area contributed by atoms with Crippen molar-refractivity contribution in [1.82, 2.24) is 0 Å². The normalized spacial score (nSPS) is 13.2. The minimum absolute atomic E-state index is 0. The van der Waals surface area contributed by atoms with Crippen LogP contribution in [0, 0.1) is 40.8 Å². The average molecular weight is 377 g/mol. The first-order valence-corrected chi connectivity index (χ1v) is 6.34. The third-order valence-electron chi connectivity index (χ3n) is 2.04. The minimum atomic E-state index is -4.02. The number of benzene rings is 2. The molecule has 83 valence electrons. The molecule has 0 spiro atoms. The molecule has 1 radical (unpaired) electrons. The van der Waals surface area contributed by atoms with Gasteiger partial charge in [-0.15, -0.1) is 0 Å². The number of rotatable bonds is 3. The maximum atomic E-state index is 11.8. The van der Waals surface area contributed by atoms with Crippen LogP contribution in [0.5, 0.6) is 5.75 Å². The Morgan fingerprint density at radius 2 is 1.35 bits per heavy atom. The predicted molar refractivity (Wildman–Crippen MR) is 60.8 cm³/mol. The molecule has 2 rings (SSSR count). The summed E-state index contributed by atoms with van der Waals surface area (Å²) in [5.41, 5.74) is 0. The van der Waals surface area contributed by atoms with E-state index in [1.807, 2.05) is 0 Å². The third-order valence-corrected chi connectivity index (χ3v) is 3.42. The van der Waals surface area contributed by atoms with Crippen LogP contribution >= 0.6 is 7.60 Å². The van der Waals surface area contributed by atoms with Crippen molar-refractivity contribution < 1.29 is 54.8 Å². The Labute approximate surface area is 133 Å². The first kappa shape index (κ1) is 14.8. The van der Waals surface area contributed by atoms with E-state index in [9.17, 15) is 9.46 Å². The fraction of sp³-hybridized carbons (Fsp3) is 0. The van der Waals surface area contributed by atoms with Crippen LogP contribution in [0.4, 0.5) is 0 Å². The van der Waals surface area contributed by atoms with Gasteiger partial charge in [-0.3, -0.25) is 4.57 Å². The summed E-state index contributed by atoms with van der Waals surface area (Å²) < 4.78 is 16.8. The largest absolute Gasteiger partial charge is 3.00 e. The van der Waals surface area contributed by atoms with Crippen LogP contribution in [0.25, 0.3) is 0 Å². The summed E-state index contributed by atoms with van der Waals surface area (Å²) in [7, 11) is -4.02. The summed E-state index contributed by atoms with van der Waals surface area (Å²) in [6, 6.07) is 16.6. The summed E-state index contributed by atoms with van der Waals surface area (Å²) >= 11 is 0. The SMILES string of the molecule is O=P([O-])(Oc1ccccc1)c1ccccc1.[Nd+3]. The van der Waals surface area contributed by atoms with Gasteiger partial charge in [-0.2, -0.15) is 0 Å². The molecule has 17 heavy (non-hydrogen) atoms. The topological polar surface area (TPSA) is 49.4 Å². The van der Waals surface area contributed by atoms with Crippen LogP contribution in [-0.2, 0) is 4.57 Å². The zero-order valence-corrected chi connectivity index (χ0v) is 13.0. The fourth-order valence-electron chi connectivity index (χ4n) is 1.28. The molecule has 0 fully saturated rings. The fourth-order valence-corrected chi connectivity index (χ4v) is 2.33. The molecule has 0 amide bonds. The van der Waals surface area contributed by atoms with Crippen molar-refractivity contribution >= 4 is 12.9 Å². The first-order chi connectivity index (χ1) is 7.68. The van der Waals surface area contributed by atoms with Crippen molar-refractivity contribution in [3.05, 3.63) is 60.7 Å². The molecule has 0 aliphatic heterocycles. The summed E-state index contributed by atoms with van der Waals surface area (Å²) in [5.74, 6) is 0.324. The molecule has 0 aliphatic carbocycles. The zero-order chi connectivity index (χ0) is 11.4. The standard InChI is InChI=1S/C12H11O3P.Nd/c13-16(14,12-9-5-2-6-10-12)15-11-7-3-1-4-8-11;/h1-10H,(H,13,14);/q;+3/p-1. The van der Waals surface area contributed by atoms with Gasteiger partial charge in [0.15, 0.2) is 0 Å². The monoisotopic (exact) mass is 375 g/mol. The molecule has 5 heteroatoms. The van der Waals surface area contributed by atoms with E-state index in [1.165, 1.54) is 12.1 Å². The van der Waals surface area contributed by atoms with Crippen LogP contribution in [0.1, 0.15) is 0 Å². The molecule has 0 heterocycles. The Kier molecular flexibility index (Phi) is 5.80. The van der Waals surface area contributed by atoms with Gasteiger partial charge in [-0.25, -0.2) is 0 Å². The summed E-state index contributed by atoms with van der Waals surface area (Å²) in [6.07, 6.45) is 0. The molecule has 1 unspecified atom stereocenters. The van der Waals surface area contributed by atoms with E-state index in [4.69, 9.17) is 4.52 Å². The van der Waals surface area contributed by atoms with E-state index in [-0.39, 0.29) is 46.1 Å². The van der Waals surface area contributed by atoms with Crippen molar-refractivity contribution in [3.8, 4) is 5.75 Å². The van der Waals surface area contributed by atoms with Crippen LogP contribution in [0.3, 0.4) is 0 Å². The van der Waals surface area contributed by atoms with Gasteiger partial charge >= 0.3 is 40.8 Å². The van der Waals surface area contributed by atoms with Crippen LogP contribution in [-0.4, -0.2) is 0 Å². The zero-order valence-electron chi connectivity index (χ0n) is 8.95. The average Bonchev–Trinajstić information content (AvgIpc) is 2.31. The van der Waals surface area contributed by atoms with Gasteiger partial charge in [-0.1, -0.05) is 36.4 Å². The number of para-hydroxylation sites is 1. The molecule has 2 aromatic rings. The molecule has 3 nitrogen and oxygen atoms in total. The number of hydrogen-bond donors (Lipinski definition) is 0. The van der Waals surface area contributed by atoms with Crippen molar-refractivity contribution in [2.24, 2.45) is 0 Å². The van der Waals surface area contributed by atoms with E-state index in [0.29, 0.717) is 5.75 Å². The Morgan fingerprint density at radius 1 is 0.882 bits per heavy atom. The van der Waals surface area contributed by atoms with Gasteiger partial charge < -0.3 is 9.42 Å². The number of hydrogen-bond acceptors (Lipinski definition) is 3. The van der Waals surface area contributed by atoms with E-state index < -0.39 is 7.60 Å². The van der Waals surface area contributed by atoms with Crippen LogP contribution < -0.4 is 14.7 Å². The van der Waals surface area contributed by atoms with E-state index in [1.54, 1.807) is 48.5 Å². The smallest absolute Gasteiger partial charge is 0.765 e. The second kappa shape index (κ2) is 6.64. The van der Waals surface area contributed by atoms with Gasteiger partial charge in [0.25, 0.3) is 0 Å². The minimum Gasteiger partial charge on any atom is -0.765 e. The van der Waals surface area contributed by atoms with Crippen molar-refractivity contribution in [3.63, 3.8) is 0 Å². The molecule has 1 atom stereocenters. The second-order valence-electron chi connectivity index (χ2n) is 3.24. The summed E-state index contributed by atoms with van der Waals surface area (Å²) in [6.45, 7) is 0. The maximum absolute atomic E-state index is 11.8. The maximum Gasteiger partial charge on any atom is 3.00 e. The molecular weight excluding hydrogens is 367 g/mol. The molecule has 2 aromatic carbocycles. The Balaban J connectivity index is 0.00000144. The second-order valence-corrected chi connectivity index (χ2v) is 4.93. The van der Waals surface area contributed by atoms with E-state index >= 15 is 0 Å². The molecule has 0 aromatic heterocycles. The molecule has 0 N–H and O–H groups in total. The van der Waals surface area contributed by atoms with Crippen molar-refractivity contribution in [2.45, 2.75) is 0 Å².